The van der Waals surface area contributed by atoms with Gasteiger partial charge < -0.3 is 9.63 Å². The molecule has 2 aromatic rings. The Labute approximate surface area is 110 Å². The average molecular weight is 261 g/mol. The Bertz CT molecular complexity index is 563. The first-order chi connectivity index (χ1) is 9.04. The molecule has 0 saturated carbocycles. The lowest BCUT2D eigenvalue weighted by atomic mass is 10.1. The number of aryl methyl sites for hydroxylation is 1. The van der Waals surface area contributed by atoms with Crippen LogP contribution < -0.4 is 0 Å². The van der Waals surface area contributed by atoms with Gasteiger partial charge in [0.15, 0.2) is 5.82 Å². The number of aromatic nitrogens is 2. The molecule has 1 N–H and O–H groups in total. The maximum atomic E-state index is 10.7. The molecule has 0 spiro atoms. The van der Waals surface area contributed by atoms with Gasteiger partial charge in [0.1, 0.15) is 0 Å². The lowest BCUT2D eigenvalue weighted by molar-refractivity contribution is 0.0697. The molecule has 19 heavy (non-hydrogen) atoms. The number of benzene rings is 1. The Morgan fingerprint density at radius 2 is 2.00 bits per heavy atom. The predicted octanol–water partition coefficient (Wildman–Crippen LogP) is 1.71. The molecule has 0 aliphatic carbocycles. The minimum Gasteiger partial charge on any atom is -0.478 e. The van der Waals surface area contributed by atoms with E-state index in [1.807, 2.05) is 11.9 Å². The Morgan fingerprint density at radius 3 is 2.53 bits per heavy atom. The minimum atomic E-state index is -0.916. The van der Waals surface area contributed by atoms with E-state index >= 15 is 0 Å². The second kappa shape index (κ2) is 5.62. The normalized spacial score (nSPS) is 10.9. The van der Waals surface area contributed by atoms with Gasteiger partial charge in [-0.25, -0.2) is 4.79 Å². The van der Waals surface area contributed by atoms with E-state index in [9.17, 15) is 4.79 Å². The Balaban J connectivity index is 1.94. The first-order valence-corrected chi connectivity index (χ1v) is 5.84. The van der Waals surface area contributed by atoms with Crippen molar-refractivity contribution in [2.45, 2.75) is 20.0 Å². The smallest absolute Gasteiger partial charge is 0.335 e. The molecule has 1 aromatic carbocycles. The van der Waals surface area contributed by atoms with E-state index in [-0.39, 0.29) is 0 Å². The second-order valence-electron chi connectivity index (χ2n) is 4.41. The maximum absolute atomic E-state index is 10.7. The molecule has 0 aliphatic heterocycles. The lowest BCUT2D eigenvalue weighted by Crippen LogP contribution is -2.17. The molecular formula is C13H15N3O3. The van der Waals surface area contributed by atoms with E-state index in [0.29, 0.717) is 30.4 Å². The van der Waals surface area contributed by atoms with Gasteiger partial charge in [-0.05, 0) is 31.7 Å². The third-order valence-electron chi connectivity index (χ3n) is 2.63. The van der Waals surface area contributed by atoms with Crippen molar-refractivity contribution in [3.05, 3.63) is 47.1 Å². The van der Waals surface area contributed by atoms with E-state index in [2.05, 4.69) is 10.1 Å². The third kappa shape index (κ3) is 3.62. The van der Waals surface area contributed by atoms with Gasteiger partial charge in [0.2, 0.25) is 5.89 Å². The molecule has 0 radical (unpaired) electrons. The highest BCUT2D eigenvalue weighted by Crippen LogP contribution is 2.09. The predicted molar refractivity (Wildman–Crippen MR) is 67.6 cm³/mol. The largest absolute Gasteiger partial charge is 0.478 e. The summed E-state index contributed by atoms with van der Waals surface area (Å²) in [7, 11) is 1.94. The van der Waals surface area contributed by atoms with E-state index in [1.165, 1.54) is 0 Å². The third-order valence-corrected chi connectivity index (χ3v) is 2.63. The van der Waals surface area contributed by atoms with E-state index < -0.39 is 5.97 Å². The van der Waals surface area contributed by atoms with E-state index in [0.717, 1.165) is 5.56 Å². The molecule has 0 aliphatic rings. The van der Waals surface area contributed by atoms with Gasteiger partial charge >= 0.3 is 5.97 Å². The minimum absolute atomic E-state index is 0.291. The summed E-state index contributed by atoms with van der Waals surface area (Å²) in [5.74, 6) is 0.276. The zero-order valence-corrected chi connectivity index (χ0v) is 10.8. The van der Waals surface area contributed by atoms with Crippen molar-refractivity contribution in [2.75, 3.05) is 7.05 Å². The summed E-state index contributed by atoms with van der Waals surface area (Å²) >= 11 is 0. The molecule has 1 heterocycles. The lowest BCUT2D eigenvalue weighted by Gasteiger charge is -2.14. The van der Waals surface area contributed by atoms with Crippen LogP contribution in [0.4, 0.5) is 0 Å². The summed E-state index contributed by atoms with van der Waals surface area (Å²) in [5.41, 5.74) is 1.32. The van der Waals surface area contributed by atoms with Crippen LogP contribution >= 0.6 is 0 Å². The average Bonchev–Trinajstić information content (AvgIpc) is 2.75. The van der Waals surface area contributed by atoms with Crippen molar-refractivity contribution in [3.8, 4) is 0 Å². The summed E-state index contributed by atoms with van der Waals surface area (Å²) in [6.07, 6.45) is 0. The molecule has 0 amide bonds. The number of hydrogen-bond acceptors (Lipinski definition) is 5. The molecular weight excluding hydrogens is 246 g/mol. The molecule has 2 rings (SSSR count). The van der Waals surface area contributed by atoms with Crippen LogP contribution in [0.15, 0.2) is 28.8 Å². The molecule has 0 saturated heterocycles. The van der Waals surface area contributed by atoms with Crippen molar-refractivity contribution in [1.29, 1.82) is 0 Å². The van der Waals surface area contributed by atoms with Crippen LogP contribution in [-0.4, -0.2) is 33.2 Å². The van der Waals surface area contributed by atoms with Crippen molar-refractivity contribution in [2.24, 2.45) is 0 Å². The van der Waals surface area contributed by atoms with Crippen LogP contribution in [0, 0.1) is 6.92 Å². The van der Waals surface area contributed by atoms with Crippen LogP contribution in [0.3, 0.4) is 0 Å². The summed E-state index contributed by atoms with van der Waals surface area (Å²) in [6.45, 7) is 3.01. The molecule has 0 atom stereocenters. The molecule has 0 bridgehead atoms. The quantitative estimate of drug-likeness (QED) is 0.882. The summed E-state index contributed by atoms with van der Waals surface area (Å²) in [4.78, 5) is 16.9. The van der Waals surface area contributed by atoms with Gasteiger partial charge in [0.05, 0.1) is 12.1 Å². The van der Waals surface area contributed by atoms with Crippen molar-refractivity contribution >= 4 is 5.97 Å². The molecule has 0 fully saturated rings. The zero-order chi connectivity index (χ0) is 13.8. The highest BCUT2D eigenvalue weighted by molar-refractivity contribution is 5.87. The number of carboxylic acid groups (broad SMARTS) is 1. The highest BCUT2D eigenvalue weighted by Gasteiger charge is 2.08. The Kier molecular flexibility index (Phi) is 3.91. The van der Waals surface area contributed by atoms with Crippen LogP contribution in [0.2, 0.25) is 0 Å². The van der Waals surface area contributed by atoms with Crippen molar-refractivity contribution in [3.63, 3.8) is 0 Å². The van der Waals surface area contributed by atoms with Gasteiger partial charge in [-0.15, -0.1) is 0 Å². The van der Waals surface area contributed by atoms with Gasteiger partial charge in [0, 0.05) is 6.54 Å². The topological polar surface area (TPSA) is 79.5 Å². The van der Waals surface area contributed by atoms with Crippen LogP contribution in [0.25, 0.3) is 0 Å². The second-order valence-corrected chi connectivity index (χ2v) is 4.41. The molecule has 100 valence electrons. The number of carboxylic acids is 1. The Morgan fingerprint density at radius 1 is 1.32 bits per heavy atom. The summed E-state index contributed by atoms with van der Waals surface area (Å²) in [6, 6.07) is 6.81. The fraction of sp³-hybridized carbons (Fsp3) is 0.308. The standard InChI is InChI=1S/C13H15N3O3/c1-9-14-12(19-15-9)8-16(2)7-10-3-5-11(6-4-10)13(17)18/h3-6H,7-8H2,1-2H3,(H,17,18). The fourth-order valence-corrected chi connectivity index (χ4v) is 1.76. The first kappa shape index (κ1) is 13.2. The molecule has 1 aromatic heterocycles. The van der Waals surface area contributed by atoms with Gasteiger partial charge in [-0.1, -0.05) is 17.3 Å². The number of carbonyl (C=O) groups is 1. The van der Waals surface area contributed by atoms with Crippen LogP contribution in [0.5, 0.6) is 0 Å². The fourth-order valence-electron chi connectivity index (χ4n) is 1.76. The van der Waals surface area contributed by atoms with Gasteiger partial charge in [-0.3, -0.25) is 4.90 Å². The molecule has 6 nitrogen and oxygen atoms in total. The summed E-state index contributed by atoms with van der Waals surface area (Å²) in [5, 5.41) is 12.5. The van der Waals surface area contributed by atoms with Gasteiger partial charge in [0.25, 0.3) is 0 Å². The summed E-state index contributed by atoms with van der Waals surface area (Å²) < 4.78 is 5.04. The number of nitrogens with zero attached hydrogens (tertiary/aromatic N) is 3. The van der Waals surface area contributed by atoms with Crippen molar-refractivity contribution in [1.82, 2.24) is 15.0 Å². The SMILES string of the molecule is Cc1noc(CN(C)Cc2ccc(C(=O)O)cc2)n1. The molecule has 6 heteroatoms. The van der Waals surface area contributed by atoms with E-state index in [4.69, 9.17) is 9.63 Å². The molecule has 0 unspecified atom stereocenters. The number of hydrogen-bond donors (Lipinski definition) is 1. The van der Waals surface area contributed by atoms with Gasteiger partial charge in [-0.2, -0.15) is 4.98 Å². The maximum Gasteiger partial charge on any atom is 0.335 e. The number of rotatable bonds is 5. The monoisotopic (exact) mass is 261 g/mol. The Hall–Kier alpha value is -2.21. The van der Waals surface area contributed by atoms with Crippen LogP contribution in [0.1, 0.15) is 27.6 Å². The zero-order valence-electron chi connectivity index (χ0n) is 10.8. The van der Waals surface area contributed by atoms with E-state index in [1.54, 1.807) is 31.2 Å². The number of aromatic carboxylic acids is 1. The van der Waals surface area contributed by atoms with Crippen LogP contribution in [-0.2, 0) is 13.1 Å². The van der Waals surface area contributed by atoms with Crippen molar-refractivity contribution < 1.29 is 14.4 Å². The first-order valence-electron chi connectivity index (χ1n) is 5.84. The highest BCUT2D eigenvalue weighted by atomic mass is 16.5.